The fourth-order valence-electron chi connectivity index (χ4n) is 6.57. The third kappa shape index (κ3) is 2.57. The van der Waals surface area contributed by atoms with Gasteiger partial charge in [0.1, 0.15) is 0 Å². The van der Waals surface area contributed by atoms with Crippen LogP contribution in [0.1, 0.15) is 69.6 Å². The smallest absolute Gasteiger partial charge is 0.00389 e. The zero-order chi connectivity index (χ0) is 17.7. The van der Waals surface area contributed by atoms with Crippen LogP contribution >= 0.6 is 0 Å². The van der Waals surface area contributed by atoms with Crippen LogP contribution in [-0.2, 0) is 11.8 Å². The molecule has 25 heavy (non-hydrogen) atoms. The first-order valence-electron chi connectivity index (χ1n) is 10.1. The summed E-state index contributed by atoms with van der Waals surface area (Å²) in [5.74, 6) is 2.18. The normalized spacial score (nSPS) is 31.7. The molecule has 2 aliphatic carbocycles. The summed E-state index contributed by atoms with van der Waals surface area (Å²) in [6, 6.07) is 20.4. The zero-order valence-corrected chi connectivity index (χ0v) is 16.3. The molecule has 2 aliphatic rings. The molecule has 4 atom stereocenters. The molecule has 0 heterocycles. The second-order valence-electron chi connectivity index (χ2n) is 9.33. The van der Waals surface area contributed by atoms with Gasteiger partial charge in [0.05, 0.1) is 0 Å². The molecule has 0 saturated heterocycles. The predicted octanol–water partition coefficient (Wildman–Crippen LogP) is 6.75. The highest BCUT2D eigenvalue weighted by Crippen LogP contribution is 2.61. The van der Waals surface area contributed by atoms with Gasteiger partial charge in [0.25, 0.3) is 0 Å². The standard InChI is InChI=1S/C25H32/c1-18(19-10-6-5-7-11-19)21-16-17-25(4)22-13-9-8-12-20(22)14-15-23(25)24(21,2)3/h5-13,18,21,23H,14-17H2,1-4H3/t18-,21+,23-,25+/m0/s1. The van der Waals surface area contributed by atoms with Gasteiger partial charge in [-0.25, -0.2) is 0 Å². The first-order valence-corrected chi connectivity index (χ1v) is 10.1. The molecule has 0 bridgehead atoms. The lowest BCUT2D eigenvalue weighted by Gasteiger charge is -2.59. The second-order valence-corrected chi connectivity index (χ2v) is 9.33. The van der Waals surface area contributed by atoms with Crippen molar-refractivity contribution in [3.8, 4) is 0 Å². The van der Waals surface area contributed by atoms with E-state index in [0.717, 1.165) is 11.8 Å². The lowest BCUT2D eigenvalue weighted by molar-refractivity contribution is -0.0236. The van der Waals surface area contributed by atoms with Gasteiger partial charge in [0.2, 0.25) is 0 Å². The summed E-state index contributed by atoms with van der Waals surface area (Å²) in [5.41, 5.74) is 5.48. The lowest BCUT2D eigenvalue weighted by Crippen LogP contribution is -2.52. The van der Waals surface area contributed by atoms with Gasteiger partial charge in [0, 0.05) is 0 Å². The Morgan fingerprint density at radius 3 is 2.32 bits per heavy atom. The largest absolute Gasteiger partial charge is 0.0622 e. The third-order valence-corrected chi connectivity index (χ3v) is 7.86. The van der Waals surface area contributed by atoms with Crippen LogP contribution in [0.15, 0.2) is 54.6 Å². The van der Waals surface area contributed by atoms with Crippen molar-refractivity contribution < 1.29 is 0 Å². The van der Waals surface area contributed by atoms with Gasteiger partial charge in [-0.05, 0) is 71.0 Å². The van der Waals surface area contributed by atoms with Crippen LogP contribution in [0.25, 0.3) is 0 Å². The lowest BCUT2D eigenvalue weighted by atomic mass is 9.46. The average Bonchev–Trinajstić information content (AvgIpc) is 2.62. The topological polar surface area (TPSA) is 0 Å². The molecule has 132 valence electrons. The number of rotatable bonds is 2. The maximum atomic E-state index is 2.56. The van der Waals surface area contributed by atoms with E-state index >= 15 is 0 Å². The maximum absolute atomic E-state index is 2.56. The molecule has 0 aliphatic heterocycles. The monoisotopic (exact) mass is 332 g/mol. The minimum absolute atomic E-state index is 0.352. The third-order valence-electron chi connectivity index (χ3n) is 7.86. The number of benzene rings is 2. The summed E-state index contributed by atoms with van der Waals surface area (Å²) in [6.45, 7) is 10.1. The first kappa shape index (κ1) is 16.9. The van der Waals surface area contributed by atoms with Crippen molar-refractivity contribution in [2.75, 3.05) is 0 Å². The van der Waals surface area contributed by atoms with Gasteiger partial charge < -0.3 is 0 Å². The molecule has 0 heteroatoms. The van der Waals surface area contributed by atoms with Crippen LogP contribution in [-0.4, -0.2) is 0 Å². The molecule has 0 nitrogen and oxygen atoms in total. The number of fused-ring (bicyclic) bond motifs is 3. The molecule has 0 aromatic heterocycles. The minimum atomic E-state index is 0.352. The van der Waals surface area contributed by atoms with Crippen LogP contribution in [0.5, 0.6) is 0 Å². The van der Waals surface area contributed by atoms with E-state index in [1.54, 1.807) is 11.1 Å². The van der Waals surface area contributed by atoms with Crippen LogP contribution in [0.2, 0.25) is 0 Å². The van der Waals surface area contributed by atoms with Gasteiger partial charge in [-0.1, -0.05) is 82.3 Å². The highest BCUT2D eigenvalue weighted by atomic mass is 14.6. The number of hydrogen-bond donors (Lipinski definition) is 0. The molecule has 2 aromatic carbocycles. The second kappa shape index (κ2) is 6.01. The predicted molar refractivity (Wildman–Crippen MR) is 107 cm³/mol. The van der Waals surface area contributed by atoms with E-state index in [2.05, 4.69) is 82.3 Å². The van der Waals surface area contributed by atoms with Crippen LogP contribution in [0, 0.1) is 17.3 Å². The highest BCUT2D eigenvalue weighted by Gasteiger charge is 2.54. The van der Waals surface area contributed by atoms with E-state index in [4.69, 9.17) is 0 Å². The van der Waals surface area contributed by atoms with Crippen molar-refractivity contribution in [3.63, 3.8) is 0 Å². The molecule has 0 spiro atoms. The Labute approximate surface area is 153 Å². The van der Waals surface area contributed by atoms with Gasteiger partial charge in [-0.15, -0.1) is 0 Å². The van der Waals surface area contributed by atoms with E-state index in [0.29, 0.717) is 16.7 Å². The summed E-state index contributed by atoms with van der Waals surface area (Å²) in [6.07, 6.45) is 5.27. The summed E-state index contributed by atoms with van der Waals surface area (Å²) in [7, 11) is 0. The van der Waals surface area contributed by atoms with Gasteiger partial charge in [-0.3, -0.25) is 0 Å². The molecular formula is C25H32. The van der Waals surface area contributed by atoms with Crippen molar-refractivity contribution in [2.24, 2.45) is 17.3 Å². The van der Waals surface area contributed by atoms with Crippen LogP contribution in [0.3, 0.4) is 0 Å². The first-order chi connectivity index (χ1) is 11.9. The summed E-state index contributed by atoms with van der Waals surface area (Å²) in [5, 5.41) is 0. The Morgan fingerprint density at radius 2 is 1.56 bits per heavy atom. The van der Waals surface area contributed by atoms with Gasteiger partial charge in [0.15, 0.2) is 0 Å². The molecule has 1 fully saturated rings. The Bertz CT molecular complexity index is 742. The fourth-order valence-corrected chi connectivity index (χ4v) is 6.57. The van der Waals surface area contributed by atoms with E-state index in [1.165, 1.54) is 31.2 Å². The van der Waals surface area contributed by atoms with Crippen LogP contribution < -0.4 is 0 Å². The molecule has 0 amide bonds. The Morgan fingerprint density at radius 1 is 0.880 bits per heavy atom. The van der Waals surface area contributed by atoms with E-state index in [9.17, 15) is 0 Å². The minimum Gasteiger partial charge on any atom is -0.0622 e. The van der Waals surface area contributed by atoms with Crippen molar-refractivity contribution in [1.29, 1.82) is 0 Å². The molecule has 0 N–H and O–H groups in total. The number of aryl methyl sites for hydroxylation is 1. The summed E-state index contributed by atoms with van der Waals surface area (Å²) in [4.78, 5) is 0. The van der Waals surface area contributed by atoms with Crippen molar-refractivity contribution in [2.45, 2.75) is 64.7 Å². The molecular weight excluding hydrogens is 300 g/mol. The van der Waals surface area contributed by atoms with E-state index in [1.807, 2.05) is 0 Å². The van der Waals surface area contributed by atoms with Crippen molar-refractivity contribution >= 4 is 0 Å². The van der Waals surface area contributed by atoms with E-state index < -0.39 is 0 Å². The molecule has 0 unspecified atom stereocenters. The Kier molecular flexibility index (Phi) is 4.06. The highest BCUT2D eigenvalue weighted by molar-refractivity contribution is 5.39. The zero-order valence-electron chi connectivity index (χ0n) is 16.3. The van der Waals surface area contributed by atoms with Crippen molar-refractivity contribution in [1.82, 2.24) is 0 Å². The van der Waals surface area contributed by atoms with Gasteiger partial charge >= 0.3 is 0 Å². The van der Waals surface area contributed by atoms with E-state index in [-0.39, 0.29) is 0 Å². The quantitative estimate of drug-likeness (QED) is 0.571. The fraction of sp³-hybridized carbons (Fsp3) is 0.520. The SMILES string of the molecule is C[C@@H](c1ccccc1)[C@H]1CC[C@]2(C)c3ccccc3CC[C@H]2C1(C)C. The summed E-state index contributed by atoms with van der Waals surface area (Å²) >= 11 is 0. The molecule has 2 aromatic rings. The molecule has 4 rings (SSSR count). The van der Waals surface area contributed by atoms with Crippen LogP contribution in [0.4, 0.5) is 0 Å². The Hall–Kier alpha value is -1.56. The molecule has 0 radical (unpaired) electrons. The molecule has 1 saturated carbocycles. The van der Waals surface area contributed by atoms with Gasteiger partial charge in [-0.2, -0.15) is 0 Å². The Balaban J connectivity index is 1.70. The summed E-state index contributed by atoms with van der Waals surface area (Å²) < 4.78 is 0. The van der Waals surface area contributed by atoms with Crippen molar-refractivity contribution in [3.05, 3.63) is 71.3 Å². The maximum Gasteiger partial charge on any atom is -0.00389 e. The average molecular weight is 333 g/mol. The number of hydrogen-bond acceptors (Lipinski definition) is 0.